The lowest BCUT2D eigenvalue weighted by Crippen LogP contribution is -2.15. The van der Waals surface area contributed by atoms with E-state index in [0.29, 0.717) is 17.0 Å². The fraction of sp³-hybridized carbons (Fsp3) is 0.111. The minimum atomic E-state index is -0.395. The molecule has 0 radical (unpaired) electrons. The molecule has 106 valence electrons. The smallest absolute Gasteiger partial charge is 0.129 e. The molecular weight excluding hydrogens is 285 g/mol. The molecule has 2 N–H and O–H groups in total. The number of fused-ring (bicyclic) bond motifs is 1. The van der Waals surface area contributed by atoms with Gasteiger partial charge in [0.1, 0.15) is 5.82 Å². The molecule has 0 saturated heterocycles. The normalized spacial score (nSPS) is 12.5. The van der Waals surface area contributed by atoms with Crippen molar-refractivity contribution in [2.75, 3.05) is 0 Å². The summed E-state index contributed by atoms with van der Waals surface area (Å²) in [4.78, 5) is 0. The van der Waals surface area contributed by atoms with Crippen molar-refractivity contribution in [3.05, 3.63) is 82.6 Å². The van der Waals surface area contributed by atoms with Crippen LogP contribution in [0.2, 0.25) is 5.02 Å². The number of rotatable bonds is 3. The van der Waals surface area contributed by atoms with Crippen LogP contribution in [0.4, 0.5) is 4.39 Å². The second-order valence-electron chi connectivity index (χ2n) is 5.11. The van der Waals surface area contributed by atoms with E-state index >= 15 is 0 Å². The van der Waals surface area contributed by atoms with E-state index in [0.717, 1.165) is 10.9 Å². The number of benzene rings is 3. The Labute approximate surface area is 128 Å². The molecule has 3 heteroatoms. The molecule has 1 unspecified atom stereocenters. The van der Waals surface area contributed by atoms with Gasteiger partial charge in [-0.25, -0.2) is 4.39 Å². The molecule has 3 aromatic carbocycles. The highest BCUT2D eigenvalue weighted by atomic mass is 35.5. The van der Waals surface area contributed by atoms with Crippen LogP contribution in [0.1, 0.15) is 17.2 Å². The molecular formula is C18H15ClFN. The summed E-state index contributed by atoms with van der Waals surface area (Å²) in [5.41, 5.74) is 7.80. The quantitative estimate of drug-likeness (QED) is 0.733. The van der Waals surface area contributed by atoms with Crippen molar-refractivity contribution >= 4 is 22.4 Å². The highest BCUT2D eigenvalue weighted by Crippen LogP contribution is 2.25. The minimum Gasteiger partial charge on any atom is -0.324 e. The Kier molecular flexibility index (Phi) is 3.91. The molecule has 21 heavy (non-hydrogen) atoms. The summed E-state index contributed by atoms with van der Waals surface area (Å²) in [7, 11) is 0. The topological polar surface area (TPSA) is 26.0 Å². The first-order valence-corrected chi connectivity index (χ1v) is 7.20. The predicted molar refractivity (Wildman–Crippen MR) is 86.0 cm³/mol. The van der Waals surface area contributed by atoms with Crippen LogP contribution in [0.5, 0.6) is 0 Å². The van der Waals surface area contributed by atoms with E-state index < -0.39 is 6.04 Å². The summed E-state index contributed by atoms with van der Waals surface area (Å²) in [6.07, 6.45) is 0.583. The Morgan fingerprint density at radius 3 is 2.57 bits per heavy atom. The lowest BCUT2D eigenvalue weighted by atomic mass is 9.95. The highest BCUT2D eigenvalue weighted by Gasteiger charge is 2.13. The van der Waals surface area contributed by atoms with Crippen LogP contribution in [-0.4, -0.2) is 0 Å². The fourth-order valence-corrected chi connectivity index (χ4v) is 2.78. The van der Waals surface area contributed by atoms with Crippen LogP contribution in [0.25, 0.3) is 10.8 Å². The van der Waals surface area contributed by atoms with Crippen molar-refractivity contribution < 1.29 is 4.39 Å². The molecule has 1 atom stereocenters. The average molecular weight is 300 g/mol. The fourth-order valence-electron chi connectivity index (χ4n) is 2.62. The van der Waals surface area contributed by atoms with Crippen molar-refractivity contribution in [1.29, 1.82) is 0 Å². The van der Waals surface area contributed by atoms with Crippen LogP contribution in [-0.2, 0) is 6.42 Å². The van der Waals surface area contributed by atoms with E-state index in [4.69, 9.17) is 17.3 Å². The lowest BCUT2D eigenvalue weighted by molar-refractivity contribution is 0.581. The van der Waals surface area contributed by atoms with E-state index in [-0.39, 0.29) is 5.82 Å². The first kappa shape index (κ1) is 14.1. The molecule has 0 amide bonds. The largest absolute Gasteiger partial charge is 0.324 e. The van der Waals surface area contributed by atoms with E-state index in [1.54, 1.807) is 12.1 Å². The maximum Gasteiger partial charge on any atom is 0.129 e. The first-order chi connectivity index (χ1) is 10.1. The second kappa shape index (κ2) is 5.84. The number of halogens is 2. The standard InChI is InChI=1S/C18H15ClFN/c19-14-8-9-16(17(20)11-14)18(21)10-13-6-3-5-12-4-1-2-7-15(12)13/h1-9,11,18H,10,21H2. The van der Waals surface area contributed by atoms with Crippen molar-refractivity contribution in [2.45, 2.75) is 12.5 Å². The summed E-state index contributed by atoms with van der Waals surface area (Å²) < 4.78 is 14.0. The highest BCUT2D eigenvalue weighted by molar-refractivity contribution is 6.30. The maximum absolute atomic E-state index is 14.0. The molecule has 3 rings (SSSR count). The Bertz CT molecular complexity index is 780. The van der Waals surface area contributed by atoms with Gasteiger partial charge in [0.2, 0.25) is 0 Å². The molecule has 0 aromatic heterocycles. The van der Waals surface area contributed by atoms with Gasteiger partial charge < -0.3 is 5.73 Å². The minimum absolute atomic E-state index is 0.352. The first-order valence-electron chi connectivity index (χ1n) is 6.82. The van der Waals surface area contributed by atoms with Crippen LogP contribution >= 0.6 is 11.6 Å². The van der Waals surface area contributed by atoms with E-state index in [9.17, 15) is 4.39 Å². The summed E-state index contributed by atoms with van der Waals surface area (Å²) in [5.74, 6) is -0.352. The maximum atomic E-state index is 14.0. The van der Waals surface area contributed by atoms with Crippen LogP contribution in [0, 0.1) is 5.82 Å². The molecule has 0 saturated carbocycles. The third kappa shape index (κ3) is 2.92. The van der Waals surface area contributed by atoms with Gasteiger partial charge in [-0.1, -0.05) is 60.1 Å². The third-order valence-electron chi connectivity index (χ3n) is 3.68. The molecule has 0 aliphatic carbocycles. The average Bonchev–Trinajstić information content (AvgIpc) is 2.47. The van der Waals surface area contributed by atoms with E-state index in [1.807, 2.05) is 24.3 Å². The van der Waals surface area contributed by atoms with E-state index in [1.165, 1.54) is 11.5 Å². The van der Waals surface area contributed by atoms with Gasteiger partial charge in [-0.3, -0.25) is 0 Å². The molecule has 1 nitrogen and oxygen atoms in total. The second-order valence-corrected chi connectivity index (χ2v) is 5.55. The zero-order valence-electron chi connectivity index (χ0n) is 11.4. The van der Waals surface area contributed by atoms with Gasteiger partial charge >= 0.3 is 0 Å². The summed E-state index contributed by atoms with van der Waals surface area (Å²) in [6, 6.07) is 18.5. The molecule has 0 aliphatic rings. The van der Waals surface area contributed by atoms with Gasteiger partial charge in [0.25, 0.3) is 0 Å². The van der Waals surface area contributed by atoms with Gasteiger partial charge in [-0.05, 0) is 34.9 Å². The Morgan fingerprint density at radius 2 is 1.76 bits per heavy atom. The van der Waals surface area contributed by atoms with Crippen LogP contribution in [0.3, 0.4) is 0 Å². The van der Waals surface area contributed by atoms with E-state index in [2.05, 4.69) is 18.2 Å². The molecule has 0 bridgehead atoms. The Morgan fingerprint density at radius 1 is 1.00 bits per heavy atom. The van der Waals surface area contributed by atoms with Gasteiger partial charge in [-0.2, -0.15) is 0 Å². The predicted octanol–water partition coefficient (Wildman–Crippen LogP) is 4.87. The van der Waals surface area contributed by atoms with Crippen LogP contribution in [0.15, 0.2) is 60.7 Å². The molecule has 3 aromatic rings. The Hall–Kier alpha value is -1.90. The number of nitrogens with two attached hydrogens (primary N) is 1. The number of hydrogen-bond acceptors (Lipinski definition) is 1. The van der Waals surface area contributed by atoms with Crippen molar-refractivity contribution in [3.8, 4) is 0 Å². The monoisotopic (exact) mass is 299 g/mol. The Balaban J connectivity index is 1.94. The molecule has 0 spiro atoms. The zero-order valence-corrected chi connectivity index (χ0v) is 12.1. The lowest BCUT2D eigenvalue weighted by Gasteiger charge is -2.15. The van der Waals surface area contributed by atoms with Crippen LogP contribution < -0.4 is 5.73 Å². The molecule has 0 heterocycles. The van der Waals surface area contributed by atoms with Crippen molar-refractivity contribution in [3.63, 3.8) is 0 Å². The van der Waals surface area contributed by atoms with Gasteiger partial charge in [0, 0.05) is 16.6 Å². The summed E-state index contributed by atoms with van der Waals surface area (Å²) >= 11 is 5.78. The molecule has 0 fully saturated rings. The zero-order chi connectivity index (χ0) is 14.8. The summed E-state index contributed by atoms with van der Waals surface area (Å²) in [5, 5.41) is 2.71. The van der Waals surface area contributed by atoms with Crippen molar-refractivity contribution in [1.82, 2.24) is 0 Å². The van der Waals surface area contributed by atoms with Gasteiger partial charge in [0.15, 0.2) is 0 Å². The van der Waals surface area contributed by atoms with Gasteiger partial charge in [0.05, 0.1) is 0 Å². The number of hydrogen-bond donors (Lipinski definition) is 1. The third-order valence-corrected chi connectivity index (χ3v) is 3.92. The summed E-state index contributed by atoms with van der Waals surface area (Å²) in [6.45, 7) is 0. The molecule has 0 aliphatic heterocycles. The van der Waals surface area contributed by atoms with Crippen molar-refractivity contribution in [2.24, 2.45) is 5.73 Å². The SMILES string of the molecule is NC(Cc1cccc2ccccc12)c1ccc(Cl)cc1F. The van der Waals surface area contributed by atoms with Gasteiger partial charge in [-0.15, -0.1) is 0 Å².